The summed E-state index contributed by atoms with van der Waals surface area (Å²) in [4.78, 5) is 14.3. The fourth-order valence-electron chi connectivity index (χ4n) is 3.27. The molecule has 0 aliphatic carbocycles. The molecule has 1 saturated heterocycles. The lowest BCUT2D eigenvalue weighted by Crippen LogP contribution is -2.46. The largest absolute Gasteiger partial charge is 0.360 e. The Morgan fingerprint density at radius 1 is 1.22 bits per heavy atom. The molecule has 2 heterocycles. The summed E-state index contributed by atoms with van der Waals surface area (Å²) in [5.41, 5.74) is 1.12. The van der Waals surface area contributed by atoms with Crippen LogP contribution in [0.5, 0.6) is 0 Å². The lowest BCUT2D eigenvalue weighted by Gasteiger charge is -2.31. The highest BCUT2D eigenvalue weighted by Crippen LogP contribution is 2.21. The molecule has 1 aromatic heterocycles. The third-order valence-corrected chi connectivity index (χ3v) is 6.33. The molecular formula is C18H24N4O4S. The lowest BCUT2D eigenvalue weighted by atomic mass is 10.1. The van der Waals surface area contributed by atoms with Gasteiger partial charge in [-0.2, -0.15) is 0 Å². The molecule has 1 aromatic carbocycles. The summed E-state index contributed by atoms with van der Waals surface area (Å²) in [6.07, 6.45) is 1.28. The first-order valence-electron chi connectivity index (χ1n) is 8.87. The Kier molecular flexibility index (Phi) is 5.93. The van der Waals surface area contributed by atoms with Crippen LogP contribution in [0.2, 0.25) is 0 Å². The topological polar surface area (TPSA) is 105 Å². The number of hydrogen-bond donors (Lipinski definition) is 2. The Hall–Kier alpha value is -2.23. The molecule has 8 nitrogen and oxygen atoms in total. The van der Waals surface area contributed by atoms with Gasteiger partial charge in [0.2, 0.25) is 15.9 Å². The maximum Gasteiger partial charge on any atom is 0.246 e. The number of sulfonamides is 1. The molecule has 146 valence electrons. The van der Waals surface area contributed by atoms with Crippen molar-refractivity contribution in [2.75, 3.05) is 25.0 Å². The Morgan fingerprint density at radius 2 is 1.89 bits per heavy atom. The van der Waals surface area contributed by atoms with E-state index in [1.807, 2.05) is 35.2 Å². The summed E-state index contributed by atoms with van der Waals surface area (Å²) in [5.74, 6) is 0.214. The maximum absolute atomic E-state index is 12.6. The normalized spacial score (nSPS) is 16.4. The molecular weight excluding hydrogens is 368 g/mol. The number of para-hydroxylation sites is 1. The number of likely N-dealkylation sites (tertiary alicyclic amines) is 1. The summed E-state index contributed by atoms with van der Waals surface area (Å²) in [7, 11) is -3.66. The molecule has 1 aliphatic heterocycles. The molecule has 0 saturated carbocycles. The van der Waals surface area contributed by atoms with Crippen molar-refractivity contribution in [2.24, 2.45) is 0 Å². The number of aromatic nitrogens is 1. The van der Waals surface area contributed by atoms with Crippen LogP contribution in [-0.2, 0) is 14.8 Å². The van der Waals surface area contributed by atoms with E-state index in [1.165, 1.54) is 0 Å². The van der Waals surface area contributed by atoms with Gasteiger partial charge < -0.3 is 9.84 Å². The van der Waals surface area contributed by atoms with E-state index in [0.717, 1.165) is 5.69 Å². The van der Waals surface area contributed by atoms with E-state index >= 15 is 0 Å². The molecule has 2 aromatic rings. The van der Waals surface area contributed by atoms with Gasteiger partial charge >= 0.3 is 0 Å². The van der Waals surface area contributed by atoms with Crippen LogP contribution < -0.4 is 10.0 Å². The van der Waals surface area contributed by atoms with Gasteiger partial charge in [-0.25, -0.2) is 13.1 Å². The van der Waals surface area contributed by atoms with Crippen molar-refractivity contribution in [3.8, 4) is 0 Å². The number of rotatable bonds is 6. The highest BCUT2D eigenvalue weighted by molar-refractivity contribution is 7.89. The first kappa shape index (κ1) is 19.5. The quantitative estimate of drug-likeness (QED) is 0.775. The SMILES string of the molecule is Cc1noc(C)c1S(=O)(=O)NC1CCN(CC(=O)Nc2ccccc2)CC1. The third-order valence-electron chi connectivity index (χ3n) is 4.57. The van der Waals surface area contributed by atoms with Gasteiger partial charge in [-0.3, -0.25) is 9.69 Å². The number of aryl methyl sites for hydroxylation is 2. The minimum Gasteiger partial charge on any atom is -0.360 e. The van der Waals surface area contributed by atoms with Gasteiger partial charge in [-0.05, 0) is 38.8 Å². The number of carbonyl (C=O) groups is 1. The predicted octanol–water partition coefficient (Wildman–Crippen LogP) is 1.67. The van der Waals surface area contributed by atoms with Gasteiger partial charge in [-0.15, -0.1) is 0 Å². The zero-order chi connectivity index (χ0) is 19.4. The van der Waals surface area contributed by atoms with E-state index in [0.29, 0.717) is 31.6 Å². The van der Waals surface area contributed by atoms with E-state index in [2.05, 4.69) is 15.2 Å². The van der Waals surface area contributed by atoms with Gasteiger partial charge in [0.1, 0.15) is 10.6 Å². The van der Waals surface area contributed by atoms with E-state index < -0.39 is 10.0 Å². The van der Waals surface area contributed by atoms with Crippen molar-refractivity contribution in [3.63, 3.8) is 0 Å². The second-order valence-electron chi connectivity index (χ2n) is 6.74. The van der Waals surface area contributed by atoms with Crippen molar-refractivity contribution in [3.05, 3.63) is 41.8 Å². The monoisotopic (exact) mass is 392 g/mol. The molecule has 1 amide bonds. The molecule has 1 fully saturated rings. The molecule has 1 aliphatic rings. The zero-order valence-corrected chi connectivity index (χ0v) is 16.3. The predicted molar refractivity (Wildman–Crippen MR) is 101 cm³/mol. The number of piperidine rings is 1. The molecule has 0 radical (unpaired) electrons. The number of nitrogens with zero attached hydrogens (tertiary/aromatic N) is 2. The highest BCUT2D eigenvalue weighted by Gasteiger charge is 2.29. The summed E-state index contributed by atoms with van der Waals surface area (Å²) in [6.45, 7) is 4.79. The lowest BCUT2D eigenvalue weighted by molar-refractivity contribution is -0.117. The van der Waals surface area contributed by atoms with Crippen molar-refractivity contribution >= 4 is 21.6 Å². The van der Waals surface area contributed by atoms with Crippen molar-refractivity contribution in [2.45, 2.75) is 37.6 Å². The second kappa shape index (κ2) is 8.20. The fourth-order valence-corrected chi connectivity index (χ4v) is 4.90. The molecule has 0 spiro atoms. The van der Waals surface area contributed by atoms with Gasteiger partial charge in [-0.1, -0.05) is 23.4 Å². The first-order valence-corrected chi connectivity index (χ1v) is 10.4. The van der Waals surface area contributed by atoms with Crippen LogP contribution in [0.4, 0.5) is 5.69 Å². The van der Waals surface area contributed by atoms with Gasteiger partial charge in [0.15, 0.2) is 5.76 Å². The molecule has 3 rings (SSSR count). The van der Waals surface area contributed by atoms with Gasteiger partial charge in [0.05, 0.1) is 6.54 Å². The number of carbonyl (C=O) groups excluding carboxylic acids is 1. The van der Waals surface area contributed by atoms with Crippen molar-refractivity contribution < 1.29 is 17.7 Å². The van der Waals surface area contributed by atoms with Crippen LogP contribution in [0.3, 0.4) is 0 Å². The Labute approximate surface area is 159 Å². The fraction of sp³-hybridized carbons (Fsp3) is 0.444. The van der Waals surface area contributed by atoms with Crippen LogP contribution in [0.15, 0.2) is 39.8 Å². The highest BCUT2D eigenvalue weighted by atomic mass is 32.2. The summed E-state index contributed by atoms with van der Waals surface area (Å²) in [5, 5.41) is 6.57. The van der Waals surface area contributed by atoms with Crippen LogP contribution >= 0.6 is 0 Å². The van der Waals surface area contributed by atoms with Gasteiger partial charge in [0.25, 0.3) is 0 Å². The Morgan fingerprint density at radius 3 is 2.48 bits per heavy atom. The third kappa shape index (κ3) is 4.94. The molecule has 0 bridgehead atoms. The molecule has 27 heavy (non-hydrogen) atoms. The zero-order valence-electron chi connectivity index (χ0n) is 15.4. The summed E-state index contributed by atoms with van der Waals surface area (Å²) < 4.78 is 32.9. The van der Waals surface area contributed by atoms with Crippen LogP contribution in [0.1, 0.15) is 24.3 Å². The van der Waals surface area contributed by atoms with E-state index in [4.69, 9.17) is 4.52 Å². The van der Waals surface area contributed by atoms with E-state index in [1.54, 1.807) is 13.8 Å². The van der Waals surface area contributed by atoms with Crippen LogP contribution in [-0.4, -0.2) is 50.1 Å². The van der Waals surface area contributed by atoms with Crippen molar-refractivity contribution in [1.82, 2.24) is 14.8 Å². The second-order valence-corrected chi connectivity index (χ2v) is 8.39. The average Bonchev–Trinajstić information content (AvgIpc) is 2.96. The van der Waals surface area contributed by atoms with Crippen LogP contribution in [0.25, 0.3) is 0 Å². The number of benzene rings is 1. The molecule has 9 heteroatoms. The van der Waals surface area contributed by atoms with Gasteiger partial charge in [0, 0.05) is 24.8 Å². The molecule has 0 unspecified atom stereocenters. The number of amides is 1. The Bertz CT molecular complexity index is 868. The summed E-state index contributed by atoms with van der Waals surface area (Å²) in [6, 6.07) is 9.14. The average molecular weight is 392 g/mol. The minimum atomic E-state index is -3.66. The minimum absolute atomic E-state index is 0.0732. The number of anilines is 1. The number of hydrogen-bond acceptors (Lipinski definition) is 6. The molecule has 0 atom stereocenters. The Balaban J connectivity index is 1.50. The maximum atomic E-state index is 12.6. The van der Waals surface area contributed by atoms with Crippen molar-refractivity contribution in [1.29, 1.82) is 0 Å². The smallest absolute Gasteiger partial charge is 0.246 e. The molecule has 2 N–H and O–H groups in total. The standard InChI is InChI=1S/C18H24N4O4S/c1-13-18(14(2)26-20-13)27(24,25)21-16-8-10-22(11-9-16)12-17(23)19-15-6-4-3-5-7-15/h3-7,16,21H,8-12H2,1-2H3,(H,19,23). The number of nitrogens with one attached hydrogen (secondary N) is 2. The van der Waals surface area contributed by atoms with Crippen LogP contribution in [0, 0.1) is 13.8 Å². The van der Waals surface area contributed by atoms with E-state index in [-0.39, 0.29) is 29.1 Å². The van der Waals surface area contributed by atoms with E-state index in [9.17, 15) is 13.2 Å². The summed E-state index contributed by atoms with van der Waals surface area (Å²) >= 11 is 0. The first-order chi connectivity index (χ1) is 12.8.